The van der Waals surface area contributed by atoms with E-state index in [0.29, 0.717) is 30.9 Å². The average molecular weight is 362 g/mol. The number of carbonyl (C=O) groups is 2. The summed E-state index contributed by atoms with van der Waals surface area (Å²) in [6, 6.07) is -0.389. The van der Waals surface area contributed by atoms with E-state index in [-0.39, 0.29) is 6.03 Å². The van der Waals surface area contributed by atoms with Crippen molar-refractivity contribution in [3.8, 4) is 0 Å². The van der Waals surface area contributed by atoms with Crippen LogP contribution < -0.4 is 5.32 Å². The first-order valence-corrected chi connectivity index (χ1v) is 8.04. The Morgan fingerprint density at radius 3 is 2.95 bits per heavy atom. The lowest BCUT2D eigenvalue weighted by Gasteiger charge is -2.34. The number of aromatic nitrogens is 1. The van der Waals surface area contributed by atoms with E-state index < -0.39 is 11.5 Å². The zero-order valence-corrected chi connectivity index (χ0v) is 13.5. The Kier molecular flexibility index (Phi) is 4.64. The maximum absolute atomic E-state index is 12.3. The van der Waals surface area contributed by atoms with Gasteiger partial charge in [0, 0.05) is 6.54 Å². The van der Waals surface area contributed by atoms with Gasteiger partial charge >= 0.3 is 12.0 Å². The zero-order chi connectivity index (χ0) is 14.8. The molecule has 1 aromatic heterocycles. The number of thiazole rings is 1. The number of carboxylic acid groups (broad SMARTS) is 1. The van der Waals surface area contributed by atoms with Crippen LogP contribution >= 0.6 is 27.3 Å². The molecule has 1 saturated heterocycles. The summed E-state index contributed by atoms with van der Waals surface area (Å²) in [5.74, 6) is -0.924. The zero-order valence-electron chi connectivity index (χ0n) is 11.1. The summed E-state index contributed by atoms with van der Waals surface area (Å²) in [4.78, 5) is 29.4. The third kappa shape index (κ3) is 2.80. The van der Waals surface area contributed by atoms with E-state index in [1.54, 1.807) is 6.20 Å². The van der Waals surface area contributed by atoms with Gasteiger partial charge < -0.3 is 10.0 Å². The first-order valence-electron chi connectivity index (χ1n) is 6.43. The molecule has 0 bridgehead atoms. The molecule has 1 aliphatic rings. The van der Waals surface area contributed by atoms with Crippen molar-refractivity contribution in [1.29, 1.82) is 0 Å². The van der Waals surface area contributed by atoms with Crippen LogP contribution in [0.5, 0.6) is 0 Å². The van der Waals surface area contributed by atoms with Crippen molar-refractivity contribution in [2.45, 2.75) is 38.1 Å². The highest BCUT2D eigenvalue weighted by Gasteiger charge is 2.49. The van der Waals surface area contributed by atoms with Crippen LogP contribution in [0.2, 0.25) is 0 Å². The van der Waals surface area contributed by atoms with E-state index in [9.17, 15) is 14.7 Å². The number of nitrogens with zero attached hydrogens (tertiary/aromatic N) is 2. The van der Waals surface area contributed by atoms with Crippen LogP contribution in [0.1, 0.15) is 32.6 Å². The van der Waals surface area contributed by atoms with Gasteiger partial charge in [0.1, 0.15) is 5.54 Å². The number of halogens is 1. The van der Waals surface area contributed by atoms with Gasteiger partial charge in [-0.2, -0.15) is 0 Å². The Morgan fingerprint density at radius 2 is 2.40 bits per heavy atom. The van der Waals surface area contributed by atoms with Crippen LogP contribution in [0.3, 0.4) is 0 Å². The summed E-state index contributed by atoms with van der Waals surface area (Å²) in [7, 11) is 0. The molecule has 0 aromatic carbocycles. The van der Waals surface area contributed by atoms with Crippen molar-refractivity contribution in [2.24, 2.45) is 0 Å². The molecule has 2 rings (SSSR count). The number of nitrogens with one attached hydrogen (secondary N) is 1. The molecule has 1 aromatic rings. The number of amides is 2. The smallest absolute Gasteiger partial charge is 0.329 e. The number of aliphatic carboxylic acids is 1. The van der Waals surface area contributed by atoms with E-state index in [4.69, 9.17) is 0 Å². The molecule has 2 amide bonds. The number of rotatable bonds is 4. The number of urea groups is 1. The standard InChI is InChI=1S/C12H16BrN3O3S/c1-2-4-12(9(17)18)5-3-6-16(12)11(19)15-10-14-7-8(13)20-10/h7H,2-6H2,1H3,(H,17,18)(H,14,15,19). The van der Waals surface area contributed by atoms with Crippen molar-refractivity contribution < 1.29 is 14.7 Å². The molecule has 1 unspecified atom stereocenters. The summed E-state index contributed by atoms with van der Waals surface area (Å²) in [6.07, 6.45) is 4.00. The lowest BCUT2D eigenvalue weighted by atomic mass is 9.91. The molecular formula is C12H16BrN3O3S. The molecule has 20 heavy (non-hydrogen) atoms. The third-order valence-electron chi connectivity index (χ3n) is 3.49. The van der Waals surface area contributed by atoms with Crippen LogP contribution in [0.4, 0.5) is 9.93 Å². The quantitative estimate of drug-likeness (QED) is 0.862. The molecule has 0 spiro atoms. The van der Waals surface area contributed by atoms with Gasteiger partial charge in [0.2, 0.25) is 0 Å². The number of anilines is 1. The summed E-state index contributed by atoms with van der Waals surface area (Å²) >= 11 is 4.57. The van der Waals surface area contributed by atoms with Gasteiger partial charge in [0.25, 0.3) is 0 Å². The first-order chi connectivity index (χ1) is 9.49. The Morgan fingerprint density at radius 1 is 1.65 bits per heavy atom. The van der Waals surface area contributed by atoms with Gasteiger partial charge in [-0.3, -0.25) is 5.32 Å². The van der Waals surface area contributed by atoms with Gasteiger partial charge in [0.05, 0.1) is 9.98 Å². The minimum atomic E-state index is -1.08. The summed E-state index contributed by atoms with van der Waals surface area (Å²) in [5, 5.41) is 12.7. The minimum absolute atomic E-state index is 0.389. The fraction of sp³-hybridized carbons (Fsp3) is 0.583. The van der Waals surface area contributed by atoms with E-state index in [1.165, 1.54) is 16.2 Å². The second-order valence-corrected chi connectivity index (χ2v) is 7.15. The van der Waals surface area contributed by atoms with E-state index in [1.807, 2.05) is 6.92 Å². The predicted octanol–water partition coefficient (Wildman–Crippen LogP) is 3.16. The number of hydrogen-bond acceptors (Lipinski definition) is 4. The Balaban J connectivity index is 2.16. The number of hydrogen-bond donors (Lipinski definition) is 2. The van der Waals surface area contributed by atoms with Gasteiger partial charge in [-0.25, -0.2) is 14.6 Å². The Hall–Kier alpha value is -1.15. The molecule has 2 N–H and O–H groups in total. The second kappa shape index (κ2) is 6.09. The van der Waals surface area contributed by atoms with E-state index in [2.05, 4.69) is 26.2 Å². The normalized spacial score (nSPS) is 22.0. The van der Waals surface area contributed by atoms with Gasteiger partial charge in [0.15, 0.2) is 5.13 Å². The number of carbonyl (C=O) groups excluding carboxylic acids is 1. The molecule has 0 aliphatic carbocycles. The van der Waals surface area contributed by atoms with Crippen LogP contribution in [-0.4, -0.2) is 39.1 Å². The fourth-order valence-corrected chi connectivity index (χ4v) is 3.74. The lowest BCUT2D eigenvalue weighted by molar-refractivity contribution is -0.148. The Bertz CT molecular complexity index is 522. The third-order valence-corrected chi connectivity index (χ3v) is 4.88. The molecule has 1 atom stereocenters. The molecular weight excluding hydrogens is 346 g/mol. The average Bonchev–Trinajstić information content (AvgIpc) is 2.97. The molecule has 2 heterocycles. The van der Waals surface area contributed by atoms with E-state index in [0.717, 1.165) is 10.2 Å². The Labute approximate surface area is 129 Å². The largest absolute Gasteiger partial charge is 0.479 e. The van der Waals surface area contributed by atoms with Crippen LogP contribution in [-0.2, 0) is 4.79 Å². The number of likely N-dealkylation sites (tertiary alicyclic amines) is 1. The minimum Gasteiger partial charge on any atom is -0.479 e. The predicted molar refractivity (Wildman–Crippen MR) is 80.0 cm³/mol. The SMILES string of the molecule is CCCC1(C(=O)O)CCCN1C(=O)Nc1ncc(Br)s1. The molecule has 0 radical (unpaired) electrons. The lowest BCUT2D eigenvalue weighted by Crippen LogP contribution is -2.54. The molecule has 8 heteroatoms. The van der Waals surface area contributed by atoms with Crippen molar-refractivity contribution in [3.05, 3.63) is 9.98 Å². The van der Waals surface area contributed by atoms with Crippen molar-refractivity contribution in [1.82, 2.24) is 9.88 Å². The van der Waals surface area contributed by atoms with E-state index >= 15 is 0 Å². The first kappa shape index (κ1) is 15.2. The highest BCUT2D eigenvalue weighted by molar-refractivity contribution is 9.11. The van der Waals surface area contributed by atoms with Crippen molar-refractivity contribution >= 4 is 44.4 Å². The van der Waals surface area contributed by atoms with Gasteiger partial charge in [-0.15, -0.1) is 0 Å². The molecule has 0 saturated carbocycles. The second-order valence-electron chi connectivity index (χ2n) is 4.74. The number of carboxylic acids is 1. The highest BCUT2D eigenvalue weighted by atomic mass is 79.9. The van der Waals surface area contributed by atoms with Crippen LogP contribution in [0.15, 0.2) is 9.98 Å². The monoisotopic (exact) mass is 361 g/mol. The summed E-state index contributed by atoms with van der Waals surface area (Å²) in [5.41, 5.74) is -1.08. The maximum atomic E-state index is 12.3. The summed E-state index contributed by atoms with van der Waals surface area (Å²) < 4.78 is 0.812. The highest BCUT2D eigenvalue weighted by Crippen LogP contribution is 2.35. The molecule has 1 fully saturated rings. The molecule has 110 valence electrons. The van der Waals surface area contributed by atoms with Crippen molar-refractivity contribution in [3.63, 3.8) is 0 Å². The van der Waals surface area contributed by atoms with Gasteiger partial charge in [-0.1, -0.05) is 24.7 Å². The maximum Gasteiger partial charge on any atom is 0.329 e. The topological polar surface area (TPSA) is 82.5 Å². The fourth-order valence-electron chi connectivity index (χ4n) is 2.65. The van der Waals surface area contributed by atoms with Crippen LogP contribution in [0, 0.1) is 0 Å². The van der Waals surface area contributed by atoms with Gasteiger partial charge in [-0.05, 0) is 35.2 Å². The van der Waals surface area contributed by atoms with Crippen molar-refractivity contribution in [2.75, 3.05) is 11.9 Å². The molecule has 1 aliphatic heterocycles. The van der Waals surface area contributed by atoms with Crippen LogP contribution in [0.25, 0.3) is 0 Å². The summed E-state index contributed by atoms with van der Waals surface area (Å²) in [6.45, 7) is 2.39. The molecule has 6 nitrogen and oxygen atoms in total.